The number of hydrogen-bond acceptors (Lipinski definition) is 4. The van der Waals surface area contributed by atoms with Gasteiger partial charge in [0.1, 0.15) is 0 Å². The number of amides is 2. The monoisotopic (exact) mass is 319 g/mol. The fraction of sp³-hybridized carbons (Fsp3) is 0.533. The lowest BCUT2D eigenvalue weighted by atomic mass is 9.96. The Bertz CT molecular complexity index is 682. The van der Waals surface area contributed by atoms with Crippen LogP contribution in [-0.2, 0) is 18.4 Å². The van der Waals surface area contributed by atoms with Crippen LogP contribution in [0, 0.1) is 0 Å². The fourth-order valence-electron chi connectivity index (χ4n) is 2.45. The molecule has 0 bridgehead atoms. The van der Waals surface area contributed by atoms with E-state index >= 15 is 0 Å². The first-order valence-corrected chi connectivity index (χ1v) is 8.34. The molecule has 3 heterocycles. The number of carbonyl (C=O) groups is 1. The molecule has 0 saturated carbocycles. The maximum Gasteiger partial charge on any atom is 0.325 e. The lowest BCUT2D eigenvalue weighted by Gasteiger charge is -2.15. The van der Waals surface area contributed by atoms with Gasteiger partial charge in [-0.15, -0.1) is 11.3 Å². The van der Waals surface area contributed by atoms with Crippen LogP contribution in [0.15, 0.2) is 12.4 Å². The van der Waals surface area contributed by atoms with Crippen molar-refractivity contribution in [3.05, 3.63) is 23.0 Å². The normalized spacial score (nSPS) is 14.5. The fourth-order valence-corrected chi connectivity index (χ4v) is 3.32. The van der Waals surface area contributed by atoms with Crippen molar-refractivity contribution in [2.24, 2.45) is 0 Å². The van der Waals surface area contributed by atoms with Crippen molar-refractivity contribution in [3.8, 4) is 0 Å². The van der Waals surface area contributed by atoms with Crippen molar-refractivity contribution in [2.75, 3.05) is 10.6 Å². The van der Waals surface area contributed by atoms with E-state index in [0.717, 1.165) is 42.1 Å². The van der Waals surface area contributed by atoms with E-state index in [1.54, 1.807) is 6.20 Å². The summed E-state index contributed by atoms with van der Waals surface area (Å²) in [5.74, 6) is 0. The van der Waals surface area contributed by atoms with Crippen LogP contribution in [0.4, 0.5) is 15.6 Å². The Balaban J connectivity index is 1.65. The molecule has 1 aliphatic rings. The third-order valence-electron chi connectivity index (χ3n) is 3.70. The lowest BCUT2D eigenvalue weighted by molar-refractivity contribution is 0.262. The highest BCUT2D eigenvalue weighted by molar-refractivity contribution is 7.15. The van der Waals surface area contributed by atoms with Gasteiger partial charge in [0.15, 0.2) is 5.13 Å². The number of rotatable bonds is 2. The lowest BCUT2D eigenvalue weighted by Crippen LogP contribution is -2.21. The predicted octanol–water partition coefficient (Wildman–Crippen LogP) is 3.62. The average molecular weight is 319 g/mol. The number of nitrogens with one attached hydrogen (secondary N) is 2. The van der Waals surface area contributed by atoms with Gasteiger partial charge in [0.05, 0.1) is 17.6 Å². The molecule has 0 aromatic carbocycles. The highest BCUT2D eigenvalue weighted by Gasteiger charge is 2.19. The summed E-state index contributed by atoms with van der Waals surface area (Å²) in [5.41, 5.74) is 1.94. The van der Waals surface area contributed by atoms with Crippen LogP contribution in [0.1, 0.15) is 44.2 Å². The molecule has 0 atom stereocenters. The van der Waals surface area contributed by atoms with Gasteiger partial charge in [-0.3, -0.25) is 10.00 Å². The van der Waals surface area contributed by atoms with E-state index in [2.05, 4.69) is 41.5 Å². The van der Waals surface area contributed by atoms with Crippen molar-refractivity contribution in [2.45, 2.75) is 52.0 Å². The van der Waals surface area contributed by atoms with Gasteiger partial charge in [0.25, 0.3) is 0 Å². The molecule has 0 saturated heterocycles. The van der Waals surface area contributed by atoms with Crippen LogP contribution in [-0.4, -0.2) is 20.8 Å². The first-order chi connectivity index (χ1) is 10.4. The number of fused-ring (bicyclic) bond motifs is 1. The Kier molecular flexibility index (Phi) is 3.90. The largest absolute Gasteiger partial charge is 0.325 e. The number of hydrogen-bond donors (Lipinski definition) is 2. The highest BCUT2D eigenvalue weighted by atomic mass is 32.1. The smallest absolute Gasteiger partial charge is 0.304 e. The second-order valence-electron chi connectivity index (χ2n) is 6.54. The van der Waals surface area contributed by atoms with E-state index in [4.69, 9.17) is 0 Å². The third kappa shape index (κ3) is 3.14. The molecule has 1 aliphatic heterocycles. The second-order valence-corrected chi connectivity index (χ2v) is 7.57. The molecular formula is C15H21N5OS. The zero-order valence-corrected chi connectivity index (χ0v) is 14.0. The SMILES string of the molecule is CC(C)(C)c1cnc(NC(=O)Nc2cnn3c2CCCC3)s1. The number of urea groups is 1. The van der Waals surface area contributed by atoms with E-state index in [9.17, 15) is 4.79 Å². The van der Waals surface area contributed by atoms with Crippen LogP contribution in [0.25, 0.3) is 0 Å². The summed E-state index contributed by atoms with van der Waals surface area (Å²) in [4.78, 5) is 17.5. The molecule has 0 radical (unpaired) electrons. The topological polar surface area (TPSA) is 71.8 Å². The molecule has 0 aliphatic carbocycles. The van der Waals surface area contributed by atoms with E-state index in [0.29, 0.717) is 5.13 Å². The zero-order chi connectivity index (χ0) is 15.7. The minimum Gasteiger partial charge on any atom is -0.304 e. The summed E-state index contributed by atoms with van der Waals surface area (Å²) in [6, 6.07) is -0.267. The molecule has 22 heavy (non-hydrogen) atoms. The minimum absolute atomic E-state index is 0.0411. The van der Waals surface area contributed by atoms with E-state index in [1.807, 2.05) is 10.9 Å². The van der Waals surface area contributed by atoms with Gasteiger partial charge >= 0.3 is 6.03 Å². The van der Waals surface area contributed by atoms with Crippen molar-refractivity contribution < 1.29 is 4.79 Å². The van der Waals surface area contributed by atoms with E-state index in [-0.39, 0.29) is 11.4 Å². The molecule has 2 aromatic heterocycles. The van der Waals surface area contributed by atoms with Crippen LogP contribution in [0.5, 0.6) is 0 Å². The van der Waals surface area contributed by atoms with Gasteiger partial charge in [-0.25, -0.2) is 9.78 Å². The predicted molar refractivity (Wildman–Crippen MR) is 88.6 cm³/mol. The molecule has 0 fully saturated rings. The Morgan fingerprint density at radius 1 is 1.27 bits per heavy atom. The van der Waals surface area contributed by atoms with Crippen molar-refractivity contribution >= 4 is 28.2 Å². The molecule has 2 aromatic rings. The Hall–Kier alpha value is -1.89. The standard InChI is InChI=1S/C15H21N5OS/c1-15(2,3)12-9-16-14(22-12)19-13(21)18-10-8-17-20-7-5-4-6-11(10)20/h8-9H,4-7H2,1-3H3,(H2,16,18,19,21). The molecule has 7 heteroatoms. The Morgan fingerprint density at radius 2 is 2.09 bits per heavy atom. The summed E-state index contributed by atoms with van der Waals surface area (Å²) in [6.45, 7) is 7.32. The zero-order valence-electron chi connectivity index (χ0n) is 13.1. The number of thiazole rings is 1. The van der Waals surface area contributed by atoms with Crippen LogP contribution >= 0.6 is 11.3 Å². The van der Waals surface area contributed by atoms with Gasteiger partial charge in [-0.1, -0.05) is 20.8 Å². The van der Waals surface area contributed by atoms with Crippen LogP contribution in [0.2, 0.25) is 0 Å². The van der Waals surface area contributed by atoms with Gasteiger partial charge in [0.2, 0.25) is 0 Å². The molecule has 6 nitrogen and oxygen atoms in total. The van der Waals surface area contributed by atoms with Gasteiger partial charge < -0.3 is 5.32 Å². The molecule has 3 rings (SSSR count). The minimum atomic E-state index is -0.267. The summed E-state index contributed by atoms with van der Waals surface area (Å²) in [7, 11) is 0. The quantitative estimate of drug-likeness (QED) is 0.888. The third-order valence-corrected chi connectivity index (χ3v) is 5.03. The van der Waals surface area contributed by atoms with Crippen LogP contribution in [0.3, 0.4) is 0 Å². The molecule has 2 amide bonds. The molecule has 0 unspecified atom stereocenters. The molecular weight excluding hydrogens is 298 g/mol. The number of nitrogens with zero attached hydrogens (tertiary/aromatic N) is 3. The maximum atomic E-state index is 12.1. The summed E-state index contributed by atoms with van der Waals surface area (Å²) in [5, 5.41) is 10.6. The van der Waals surface area contributed by atoms with Gasteiger partial charge in [-0.05, 0) is 24.7 Å². The highest BCUT2D eigenvalue weighted by Crippen LogP contribution is 2.30. The second kappa shape index (κ2) is 5.72. The molecule has 118 valence electrons. The van der Waals surface area contributed by atoms with E-state index < -0.39 is 0 Å². The Morgan fingerprint density at radius 3 is 2.82 bits per heavy atom. The van der Waals surface area contributed by atoms with Crippen LogP contribution < -0.4 is 10.6 Å². The summed E-state index contributed by atoms with van der Waals surface area (Å²) >= 11 is 1.51. The van der Waals surface area contributed by atoms with Crippen molar-refractivity contribution in [1.29, 1.82) is 0 Å². The van der Waals surface area contributed by atoms with E-state index in [1.165, 1.54) is 11.3 Å². The number of carbonyl (C=O) groups excluding carboxylic acids is 1. The molecule has 2 N–H and O–H groups in total. The Labute approximate surface area is 133 Å². The molecule has 0 spiro atoms. The number of anilines is 2. The number of aromatic nitrogens is 3. The van der Waals surface area contributed by atoms with Crippen molar-refractivity contribution in [1.82, 2.24) is 14.8 Å². The average Bonchev–Trinajstić information content (AvgIpc) is 3.06. The number of aryl methyl sites for hydroxylation is 1. The van der Waals surface area contributed by atoms with Gasteiger partial charge in [-0.2, -0.15) is 5.10 Å². The first kappa shape index (κ1) is 15.0. The summed E-state index contributed by atoms with van der Waals surface area (Å²) < 4.78 is 1.97. The van der Waals surface area contributed by atoms with Gasteiger partial charge in [0, 0.05) is 17.6 Å². The first-order valence-electron chi connectivity index (χ1n) is 7.52. The summed E-state index contributed by atoms with van der Waals surface area (Å²) in [6.07, 6.45) is 6.80. The van der Waals surface area contributed by atoms with Crippen molar-refractivity contribution in [3.63, 3.8) is 0 Å². The maximum absolute atomic E-state index is 12.1.